The molecule has 1 aromatic carbocycles. The summed E-state index contributed by atoms with van der Waals surface area (Å²) in [5.41, 5.74) is 5.77. The Balaban J connectivity index is 2.25. The van der Waals surface area contributed by atoms with Crippen LogP contribution < -0.4 is 11.1 Å². The van der Waals surface area contributed by atoms with Gasteiger partial charge in [0.15, 0.2) is 0 Å². The molecule has 20 heavy (non-hydrogen) atoms. The van der Waals surface area contributed by atoms with E-state index in [0.29, 0.717) is 5.56 Å². The number of nitrogens with one attached hydrogen (secondary N) is 1. The Hall–Kier alpha value is -1.30. The second-order valence-corrected chi connectivity index (χ2v) is 6.46. The molecule has 0 saturated carbocycles. The third-order valence-electron chi connectivity index (χ3n) is 2.71. The molecule has 1 amide bonds. The van der Waals surface area contributed by atoms with E-state index in [4.69, 9.17) is 28.9 Å². The molecule has 0 fully saturated rings. The minimum atomic E-state index is -0.577. The lowest BCUT2D eigenvalue weighted by atomic mass is 10.1. The number of amides is 1. The average molecular weight is 330 g/mol. The summed E-state index contributed by atoms with van der Waals surface area (Å²) in [5, 5.41) is 6.09. The summed E-state index contributed by atoms with van der Waals surface area (Å²) >= 11 is 13.3. The van der Waals surface area contributed by atoms with Gasteiger partial charge in [-0.1, -0.05) is 23.2 Å². The van der Waals surface area contributed by atoms with Gasteiger partial charge in [0.05, 0.1) is 21.3 Å². The minimum absolute atomic E-state index is 0.252. The maximum Gasteiger partial charge on any atom is 0.252 e. The van der Waals surface area contributed by atoms with Crippen LogP contribution in [-0.2, 0) is 5.54 Å². The van der Waals surface area contributed by atoms with Crippen LogP contribution in [0.4, 0.5) is 5.69 Å². The van der Waals surface area contributed by atoms with E-state index >= 15 is 0 Å². The Morgan fingerprint density at radius 1 is 1.40 bits per heavy atom. The smallest absolute Gasteiger partial charge is 0.252 e. The predicted octanol–water partition coefficient (Wildman–Crippen LogP) is 3.70. The van der Waals surface area contributed by atoms with Crippen molar-refractivity contribution in [1.82, 2.24) is 10.3 Å². The molecule has 106 valence electrons. The molecular formula is C13H13Cl2N3OS. The molecule has 0 radical (unpaired) electrons. The number of thiazole rings is 1. The van der Waals surface area contributed by atoms with Crippen LogP contribution in [0.5, 0.6) is 0 Å². The monoisotopic (exact) mass is 329 g/mol. The van der Waals surface area contributed by atoms with Gasteiger partial charge in [0.2, 0.25) is 0 Å². The fourth-order valence-corrected chi connectivity index (χ4v) is 2.74. The lowest BCUT2D eigenvalue weighted by Gasteiger charge is -2.24. The van der Waals surface area contributed by atoms with Crippen molar-refractivity contribution in [3.63, 3.8) is 0 Å². The normalized spacial score (nSPS) is 11.4. The number of carbonyl (C=O) groups is 1. The number of anilines is 1. The molecule has 1 aromatic heterocycles. The molecule has 0 aliphatic rings. The summed E-state index contributed by atoms with van der Waals surface area (Å²) < 4.78 is 0. The molecule has 1 heterocycles. The molecule has 0 spiro atoms. The molecule has 3 N–H and O–H groups in total. The van der Waals surface area contributed by atoms with Crippen LogP contribution in [0.15, 0.2) is 23.7 Å². The van der Waals surface area contributed by atoms with E-state index in [1.165, 1.54) is 23.5 Å². The Kier molecular flexibility index (Phi) is 4.22. The van der Waals surface area contributed by atoms with Gasteiger partial charge in [-0.25, -0.2) is 4.98 Å². The lowest BCUT2D eigenvalue weighted by Crippen LogP contribution is -2.40. The number of aromatic nitrogens is 1. The highest BCUT2D eigenvalue weighted by Crippen LogP contribution is 2.30. The Bertz CT molecular complexity index is 618. The van der Waals surface area contributed by atoms with Gasteiger partial charge >= 0.3 is 0 Å². The Morgan fingerprint density at radius 2 is 2.10 bits per heavy atom. The molecule has 0 aliphatic carbocycles. The number of rotatable bonds is 3. The zero-order valence-electron chi connectivity index (χ0n) is 10.9. The van der Waals surface area contributed by atoms with Crippen LogP contribution in [0.3, 0.4) is 0 Å². The van der Waals surface area contributed by atoms with E-state index in [9.17, 15) is 4.79 Å². The van der Waals surface area contributed by atoms with Crippen molar-refractivity contribution < 1.29 is 4.79 Å². The molecule has 7 heteroatoms. The van der Waals surface area contributed by atoms with Crippen molar-refractivity contribution in [3.05, 3.63) is 44.3 Å². The molecule has 0 atom stereocenters. The first-order valence-electron chi connectivity index (χ1n) is 5.78. The number of hydrogen-bond acceptors (Lipinski definition) is 4. The third kappa shape index (κ3) is 3.06. The molecule has 0 unspecified atom stereocenters. The van der Waals surface area contributed by atoms with E-state index in [1.54, 1.807) is 6.20 Å². The van der Waals surface area contributed by atoms with Crippen LogP contribution in [0, 0.1) is 0 Å². The fourth-order valence-electron chi connectivity index (χ4n) is 1.68. The van der Waals surface area contributed by atoms with Gasteiger partial charge < -0.3 is 11.1 Å². The van der Waals surface area contributed by atoms with Gasteiger partial charge in [0.1, 0.15) is 5.01 Å². The first-order chi connectivity index (χ1) is 9.31. The Morgan fingerprint density at radius 3 is 2.65 bits per heavy atom. The zero-order valence-corrected chi connectivity index (χ0v) is 13.2. The van der Waals surface area contributed by atoms with E-state index in [1.807, 2.05) is 19.2 Å². The van der Waals surface area contributed by atoms with Crippen molar-refractivity contribution in [3.8, 4) is 0 Å². The number of hydrogen-bond donors (Lipinski definition) is 2. The number of nitrogens with two attached hydrogens (primary N) is 1. The maximum atomic E-state index is 12.3. The summed E-state index contributed by atoms with van der Waals surface area (Å²) in [5.74, 6) is -0.282. The largest absolute Gasteiger partial charge is 0.397 e. The van der Waals surface area contributed by atoms with Crippen LogP contribution in [0.1, 0.15) is 29.2 Å². The van der Waals surface area contributed by atoms with Crippen molar-refractivity contribution in [2.75, 3.05) is 5.73 Å². The van der Waals surface area contributed by atoms with E-state index in [0.717, 1.165) is 5.01 Å². The summed E-state index contributed by atoms with van der Waals surface area (Å²) in [4.78, 5) is 16.5. The van der Waals surface area contributed by atoms with Gasteiger partial charge in [-0.05, 0) is 26.0 Å². The van der Waals surface area contributed by atoms with Crippen LogP contribution in [0.25, 0.3) is 0 Å². The number of benzene rings is 1. The van der Waals surface area contributed by atoms with E-state index in [-0.39, 0.29) is 21.6 Å². The van der Waals surface area contributed by atoms with Gasteiger partial charge in [-0.2, -0.15) is 0 Å². The van der Waals surface area contributed by atoms with Crippen LogP contribution >= 0.6 is 34.5 Å². The number of nitrogens with zero attached hydrogens (tertiary/aromatic N) is 1. The quantitative estimate of drug-likeness (QED) is 0.843. The van der Waals surface area contributed by atoms with Crippen molar-refractivity contribution in [2.24, 2.45) is 0 Å². The summed E-state index contributed by atoms with van der Waals surface area (Å²) in [7, 11) is 0. The number of nitrogen functional groups attached to an aromatic ring is 1. The second kappa shape index (κ2) is 5.60. The van der Waals surface area contributed by atoms with Gasteiger partial charge in [0.25, 0.3) is 5.91 Å². The SMILES string of the molecule is CC(C)(NC(=O)c1cc(N)c(Cl)c(Cl)c1)c1nccs1. The maximum absolute atomic E-state index is 12.3. The van der Waals surface area contributed by atoms with E-state index < -0.39 is 5.54 Å². The molecule has 0 aliphatic heterocycles. The van der Waals surface area contributed by atoms with Crippen molar-refractivity contribution in [1.29, 1.82) is 0 Å². The topological polar surface area (TPSA) is 68.0 Å². The Labute approximate surface area is 130 Å². The molecule has 2 rings (SSSR count). The summed E-state index contributed by atoms with van der Waals surface area (Å²) in [6.07, 6.45) is 1.70. The highest BCUT2D eigenvalue weighted by molar-refractivity contribution is 7.09. The molecular weight excluding hydrogens is 317 g/mol. The lowest BCUT2D eigenvalue weighted by molar-refractivity contribution is 0.0912. The summed E-state index contributed by atoms with van der Waals surface area (Å²) in [6, 6.07) is 3.00. The van der Waals surface area contributed by atoms with Gasteiger partial charge in [-0.15, -0.1) is 11.3 Å². The third-order valence-corrected chi connectivity index (χ3v) is 4.62. The van der Waals surface area contributed by atoms with Crippen LogP contribution in [0.2, 0.25) is 10.0 Å². The van der Waals surface area contributed by atoms with E-state index in [2.05, 4.69) is 10.3 Å². The predicted molar refractivity (Wildman–Crippen MR) is 83.5 cm³/mol. The van der Waals surface area contributed by atoms with Crippen molar-refractivity contribution >= 4 is 46.1 Å². The summed E-state index contributed by atoms with van der Waals surface area (Å²) in [6.45, 7) is 3.76. The molecule has 0 saturated heterocycles. The number of carbonyl (C=O) groups excluding carboxylic acids is 1. The highest BCUT2D eigenvalue weighted by Gasteiger charge is 2.26. The van der Waals surface area contributed by atoms with Gasteiger partial charge in [0, 0.05) is 17.1 Å². The highest BCUT2D eigenvalue weighted by atomic mass is 35.5. The zero-order chi connectivity index (χ0) is 14.9. The minimum Gasteiger partial charge on any atom is -0.397 e. The number of halogens is 2. The van der Waals surface area contributed by atoms with Gasteiger partial charge in [-0.3, -0.25) is 4.79 Å². The standard InChI is InChI=1S/C13H13Cl2N3OS/c1-13(2,12-17-3-4-20-12)18-11(19)7-5-8(14)10(15)9(16)6-7/h3-6H,16H2,1-2H3,(H,18,19). The molecule has 0 bridgehead atoms. The first-order valence-corrected chi connectivity index (χ1v) is 7.42. The van der Waals surface area contributed by atoms with Crippen molar-refractivity contribution in [2.45, 2.75) is 19.4 Å². The van der Waals surface area contributed by atoms with Crippen LogP contribution in [-0.4, -0.2) is 10.9 Å². The first kappa shape index (κ1) is 15.1. The fraction of sp³-hybridized carbons (Fsp3) is 0.231. The second-order valence-electron chi connectivity index (χ2n) is 4.78. The molecule has 4 nitrogen and oxygen atoms in total. The average Bonchev–Trinajstić information content (AvgIpc) is 2.89. The molecule has 2 aromatic rings.